The molecule has 1 amide bonds. The van der Waals surface area contributed by atoms with E-state index < -0.39 is 0 Å². The van der Waals surface area contributed by atoms with E-state index in [-0.39, 0.29) is 5.91 Å². The van der Waals surface area contributed by atoms with Crippen molar-refractivity contribution in [3.63, 3.8) is 0 Å². The smallest absolute Gasteiger partial charge is 0.264 e. The van der Waals surface area contributed by atoms with Gasteiger partial charge in [-0.15, -0.1) is 0 Å². The molecule has 0 unspecified atom stereocenters. The number of carbonyl (C=O) groups is 1. The van der Waals surface area contributed by atoms with Gasteiger partial charge < -0.3 is 10.2 Å². The lowest BCUT2D eigenvalue weighted by molar-refractivity contribution is -0.115. The predicted molar refractivity (Wildman–Crippen MR) is 103 cm³/mol. The molecule has 2 aromatic rings. The molecule has 3 rings (SSSR count). The van der Waals surface area contributed by atoms with E-state index in [1.54, 1.807) is 11.3 Å². The zero-order valence-corrected chi connectivity index (χ0v) is 15.2. The first-order chi connectivity index (χ1) is 11.7. The molecule has 0 radical (unpaired) electrons. The van der Waals surface area contributed by atoms with E-state index in [0.717, 1.165) is 28.8 Å². The van der Waals surface area contributed by atoms with E-state index in [0.29, 0.717) is 10.1 Å². The number of benzene rings is 1. The summed E-state index contributed by atoms with van der Waals surface area (Å²) in [7, 11) is 0. The van der Waals surface area contributed by atoms with Gasteiger partial charge in [0, 0.05) is 19.3 Å². The molecule has 5 nitrogen and oxygen atoms in total. The minimum Gasteiger partial charge on any atom is -0.349 e. The molecule has 124 valence electrons. The molecule has 0 aliphatic carbocycles. The number of aliphatic imine (C=N–C) groups is 1. The van der Waals surface area contributed by atoms with Gasteiger partial charge in [-0.25, -0.2) is 9.98 Å². The number of hydrogen-bond donors (Lipinski definition) is 1. The van der Waals surface area contributed by atoms with Crippen LogP contribution in [0.1, 0.15) is 18.7 Å². The summed E-state index contributed by atoms with van der Waals surface area (Å²) in [5.74, 6) is -0.118. The number of anilines is 1. The Morgan fingerprint density at radius 1 is 1.25 bits per heavy atom. The molecule has 1 aliphatic heterocycles. The molecular weight excluding hydrogens is 340 g/mol. The molecule has 24 heavy (non-hydrogen) atoms. The first-order valence-electron chi connectivity index (χ1n) is 7.75. The van der Waals surface area contributed by atoms with Crippen molar-refractivity contribution >= 4 is 51.1 Å². The molecular formula is C17H18N4OS2. The number of hydrogen-bond acceptors (Lipinski definition) is 6. The maximum absolute atomic E-state index is 12.1. The third-order valence-electron chi connectivity index (χ3n) is 3.46. The van der Waals surface area contributed by atoms with Crippen LogP contribution >= 0.6 is 23.1 Å². The summed E-state index contributed by atoms with van der Waals surface area (Å²) < 4.78 is 0. The van der Waals surface area contributed by atoms with Crippen LogP contribution in [-0.2, 0) is 4.79 Å². The lowest BCUT2D eigenvalue weighted by Crippen LogP contribution is -2.21. The second kappa shape index (κ2) is 7.63. The van der Waals surface area contributed by atoms with Crippen molar-refractivity contribution < 1.29 is 4.79 Å². The fourth-order valence-corrected chi connectivity index (χ4v) is 4.11. The Kier molecular flexibility index (Phi) is 5.32. The van der Waals surface area contributed by atoms with Gasteiger partial charge in [0.1, 0.15) is 0 Å². The van der Waals surface area contributed by atoms with E-state index in [1.165, 1.54) is 11.8 Å². The van der Waals surface area contributed by atoms with Gasteiger partial charge in [0.15, 0.2) is 10.3 Å². The van der Waals surface area contributed by atoms with Gasteiger partial charge in [-0.2, -0.15) is 0 Å². The number of rotatable bonds is 5. The fourth-order valence-electron chi connectivity index (χ4n) is 2.21. The van der Waals surface area contributed by atoms with Crippen LogP contribution in [0, 0.1) is 0 Å². The van der Waals surface area contributed by atoms with E-state index >= 15 is 0 Å². The minimum atomic E-state index is -0.118. The lowest BCUT2D eigenvalue weighted by atomic mass is 10.3. The van der Waals surface area contributed by atoms with Crippen LogP contribution in [-0.4, -0.2) is 29.1 Å². The third kappa shape index (κ3) is 3.85. The first-order valence-corrected chi connectivity index (χ1v) is 9.38. The summed E-state index contributed by atoms with van der Waals surface area (Å²) in [6, 6.07) is 9.59. The Morgan fingerprint density at radius 3 is 2.71 bits per heavy atom. The van der Waals surface area contributed by atoms with Crippen molar-refractivity contribution in [1.29, 1.82) is 0 Å². The van der Waals surface area contributed by atoms with Crippen LogP contribution in [0.3, 0.4) is 0 Å². The second-order valence-corrected chi connectivity index (χ2v) is 7.11. The highest BCUT2D eigenvalue weighted by atomic mass is 32.2. The van der Waals surface area contributed by atoms with Crippen molar-refractivity contribution in [1.82, 2.24) is 10.3 Å². The summed E-state index contributed by atoms with van der Waals surface area (Å²) in [5.41, 5.74) is 0.822. The van der Waals surface area contributed by atoms with Crippen molar-refractivity contribution in [2.75, 3.05) is 18.0 Å². The summed E-state index contributed by atoms with van der Waals surface area (Å²) in [4.78, 5) is 24.8. The number of thioether (sulfide) groups is 1. The standard InChI is InChI=1S/C17H18N4OS2/c1-3-21(4-2)17-18-11-13(23-17)10-14-15(22)20-16(24-14)19-12-8-6-5-7-9-12/h5-11H,3-4H2,1-2H3,(H,19,20,22)/b14-10-. The highest BCUT2D eigenvalue weighted by molar-refractivity contribution is 8.18. The van der Waals surface area contributed by atoms with E-state index in [4.69, 9.17) is 0 Å². The minimum absolute atomic E-state index is 0.118. The van der Waals surface area contributed by atoms with Gasteiger partial charge in [0.05, 0.1) is 15.5 Å². The number of nitrogens with zero attached hydrogens (tertiary/aromatic N) is 3. The highest BCUT2D eigenvalue weighted by Crippen LogP contribution is 2.31. The maximum Gasteiger partial charge on any atom is 0.264 e. The number of amidine groups is 1. The van der Waals surface area contributed by atoms with Crippen LogP contribution in [0.25, 0.3) is 6.08 Å². The molecule has 1 N–H and O–H groups in total. The average Bonchev–Trinajstić information content (AvgIpc) is 3.17. The number of aromatic nitrogens is 1. The molecule has 0 spiro atoms. The largest absolute Gasteiger partial charge is 0.349 e. The Balaban J connectivity index is 1.77. The van der Waals surface area contributed by atoms with Crippen molar-refractivity contribution in [3.8, 4) is 0 Å². The quantitative estimate of drug-likeness (QED) is 0.824. The molecule has 1 aliphatic rings. The van der Waals surface area contributed by atoms with Gasteiger partial charge in [-0.1, -0.05) is 29.5 Å². The zero-order chi connectivity index (χ0) is 16.9. The highest BCUT2D eigenvalue weighted by Gasteiger charge is 2.24. The van der Waals surface area contributed by atoms with E-state index in [1.807, 2.05) is 42.6 Å². The Labute approximate surface area is 149 Å². The van der Waals surface area contributed by atoms with Gasteiger partial charge in [0.2, 0.25) is 0 Å². The summed E-state index contributed by atoms with van der Waals surface area (Å²) in [6.45, 7) is 6.05. The van der Waals surface area contributed by atoms with Gasteiger partial charge in [-0.3, -0.25) is 4.79 Å². The topological polar surface area (TPSA) is 57.6 Å². The molecule has 1 aromatic carbocycles. The normalized spacial score (nSPS) is 17.5. The van der Waals surface area contributed by atoms with E-state index in [9.17, 15) is 4.79 Å². The Morgan fingerprint density at radius 2 is 2.00 bits per heavy atom. The zero-order valence-electron chi connectivity index (χ0n) is 13.5. The maximum atomic E-state index is 12.1. The summed E-state index contributed by atoms with van der Waals surface area (Å²) in [5, 5.41) is 4.39. The van der Waals surface area contributed by atoms with Gasteiger partial charge in [-0.05, 0) is 43.8 Å². The average molecular weight is 358 g/mol. The second-order valence-electron chi connectivity index (χ2n) is 5.03. The SMILES string of the molecule is CCN(CC)c1ncc(/C=C2\SC(=Nc3ccccc3)NC2=O)s1. The molecule has 1 fully saturated rings. The molecule has 0 saturated carbocycles. The van der Waals surface area contributed by atoms with Crippen molar-refractivity contribution in [2.45, 2.75) is 13.8 Å². The number of para-hydroxylation sites is 1. The van der Waals surface area contributed by atoms with Gasteiger partial charge in [0.25, 0.3) is 5.91 Å². The van der Waals surface area contributed by atoms with Crippen molar-refractivity contribution in [3.05, 3.63) is 46.3 Å². The van der Waals surface area contributed by atoms with Crippen LogP contribution < -0.4 is 10.2 Å². The monoisotopic (exact) mass is 358 g/mol. The molecule has 1 aromatic heterocycles. The Bertz CT molecular complexity index is 779. The first kappa shape index (κ1) is 16.7. The summed E-state index contributed by atoms with van der Waals surface area (Å²) >= 11 is 2.94. The fraction of sp³-hybridized carbons (Fsp3) is 0.235. The van der Waals surface area contributed by atoms with Crippen LogP contribution in [0.2, 0.25) is 0 Å². The van der Waals surface area contributed by atoms with Gasteiger partial charge >= 0.3 is 0 Å². The number of thiazole rings is 1. The van der Waals surface area contributed by atoms with Crippen LogP contribution in [0.15, 0.2) is 46.4 Å². The molecule has 7 heteroatoms. The molecule has 0 atom stereocenters. The lowest BCUT2D eigenvalue weighted by Gasteiger charge is -2.16. The third-order valence-corrected chi connectivity index (χ3v) is 5.37. The van der Waals surface area contributed by atoms with Crippen molar-refractivity contribution in [2.24, 2.45) is 4.99 Å². The molecule has 1 saturated heterocycles. The molecule has 0 bridgehead atoms. The summed E-state index contributed by atoms with van der Waals surface area (Å²) in [6.07, 6.45) is 3.68. The number of amides is 1. The number of carbonyl (C=O) groups excluding carboxylic acids is 1. The predicted octanol–water partition coefficient (Wildman–Crippen LogP) is 3.88. The molecule has 2 heterocycles. The van der Waals surface area contributed by atoms with Crippen LogP contribution in [0.5, 0.6) is 0 Å². The van der Waals surface area contributed by atoms with Crippen LogP contribution in [0.4, 0.5) is 10.8 Å². The number of nitrogens with one attached hydrogen (secondary N) is 1. The Hall–Kier alpha value is -2.12. The van der Waals surface area contributed by atoms with E-state index in [2.05, 4.69) is 34.0 Å².